The molecule has 2 N–H and O–H groups in total. The molecule has 1 aromatic heterocycles. The molecule has 0 atom stereocenters. The van der Waals surface area contributed by atoms with Gasteiger partial charge in [0.15, 0.2) is 0 Å². The van der Waals surface area contributed by atoms with E-state index in [1.807, 2.05) is 18.2 Å². The van der Waals surface area contributed by atoms with Crippen LogP contribution in [-0.2, 0) is 13.1 Å². The summed E-state index contributed by atoms with van der Waals surface area (Å²) in [5, 5.41) is 14.3. The fraction of sp³-hybridized carbons (Fsp3) is 0.333. The number of benzene rings is 2. The summed E-state index contributed by atoms with van der Waals surface area (Å²) in [4.78, 5) is 2.41. The molecular weight excluding hydrogens is 312 g/mol. The average molecular weight is 336 g/mol. The number of hydrogen-bond acceptors (Lipinski definition) is 4. The molecule has 2 heterocycles. The van der Waals surface area contributed by atoms with Gasteiger partial charge in [-0.1, -0.05) is 36.4 Å². The number of likely N-dealkylation sites (tertiary alicyclic amines) is 1. The molecule has 0 amide bonds. The molecule has 0 aliphatic carbocycles. The van der Waals surface area contributed by atoms with Crippen molar-refractivity contribution >= 4 is 16.7 Å². The summed E-state index contributed by atoms with van der Waals surface area (Å²) in [7, 11) is 0. The maximum atomic E-state index is 9.67. The van der Waals surface area contributed by atoms with E-state index in [0.717, 1.165) is 54.9 Å². The molecule has 1 aliphatic heterocycles. The van der Waals surface area contributed by atoms with Crippen LogP contribution in [0.2, 0.25) is 0 Å². The summed E-state index contributed by atoms with van der Waals surface area (Å²) in [6, 6.07) is 18.6. The smallest absolute Gasteiger partial charge is 0.134 e. The Morgan fingerprint density at radius 2 is 1.80 bits per heavy atom. The van der Waals surface area contributed by atoms with Gasteiger partial charge in [0.2, 0.25) is 0 Å². The van der Waals surface area contributed by atoms with Gasteiger partial charge in [-0.2, -0.15) is 0 Å². The lowest BCUT2D eigenvalue weighted by molar-refractivity contribution is 0.0793. The van der Waals surface area contributed by atoms with Gasteiger partial charge in [0.25, 0.3) is 0 Å². The predicted octanol–water partition coefficient (Wildman–Crippen LogP) is 4.00. The normalized spacial score (nSPS) is 16.4. The second-order valence-corrected chi connectivity index (χ2v) is 6.77. The van der Waals surface area contributed by atoms with Crippen LogP contribution in [-0.4, -0.2) is 29.2 Å². The maximum Gasteiger partial charge on any atom is 0.134 e. The van der Waals surface area contributed by atoms with Crippen molar-refractivity contribution in [3.63, 3.8) is 0 Å². The number of anilines is 1. The van der Waals surface area contributed by atoms with Gasteiger partial charge in [0.05, 0.1) is 12.6 Å². The number of hydrogen-bond donors (Lipinski definition) is 2. The van der Waals surface area contributed by atoms with Gasteiger partial charge < -0.3 is 14.8 Å². The topological polar surface area (TPSA) is 48.6 Å². The first-order valence-corrected chi connectivity index (χ1v) is 8.97. The van der Waals surface area contributed by atoms with Crippen LogP contribution in [0.1, 0.15) is 24.2 Å². The minimum absolute atomic E-state index is 0.127. The van der Waals surface area contributed by atoms with E-state index < -0.39 is 0 Å². The first kappa shape index (κ1) is 16.2. The number of aliphatic hydroxyl groups excluding tert-OH is 1. The standard InChI is InChI=1S/C21H24N2O2/c24-18-9-11-23(12-10-18)15-17-6-1-3-7-20(17)22-14-19-13-16-5-2-4-8-21(16)25-19/h1-8,13,18,22,24H,9-12,14-15H2. The van der Waals surface area contributed by atoms with Crippen LogP contribution in [0.4, 0.5) is 5.69 Å². The van der Waals surface area contributed by atoms with E-state index in [-0.39, 0.29) is 6.10 Å². The average Bonchev–Trinajstić information content (AvgIpc) is 3.06. The first-order chi connectivity index (χ1) is 12.3. The summed E-state index contributed by atoms with van der Waals surface area (Å²) in [5.41, 5.74) is 3.36. The molecule has 0 bridgehead atoms. The van der Waals surface area contributed by atoms with Gasteiger partial charge in [-0.15, -0.1) is 0 Å². The van der Waals surface area contributed by atoms with Gasteiger partial charge >= 0.3 is 0 Å². The molecule has 0 radical (unpaired) electrons. The van der Waals surface area contributed by atoms with Crippen LogP contribution in [0.3, 0.4) is 0 Å². The second kappa shape index (κ2) is 7.30. The number of nitrogens with one attached hydrogen (secondary N) is 1. The third-order valence-electron chi connectivity index (χ3n) is 4.90. The van der Waals surface area contributed by atoms with E-state index in [2.05, 4.69) is 46.6 Å². The first-order valence-electron chi connectivity index (χ1n) is 8.97. The second-order valence-electron chi connectivity index (χ2n) is 6.77. The Morgan fingerprint density at radius 1 is 1.04 bits per heavy atom. The van der Waals surface area contributed by atoms with Crippen molar-refractivity contribution in [1.82, 2.24) is 4.90 Å². The number of aliphatic hydroxyl groups is 1. The lowest BCUT2D eigenvalue weighted by Gasteiger charge is -2.30. The summed E-state index contributed by atoms with van der Waals surface area (Å²) in [6.07, 6.45) is 1.61. The molecule has 4 nitrogen and oxygen atoms in total. The molecule has 4 heteroatoms. The van der Waals surface area contributed by atoms with Crippen molar-refractivity contribution in [3.8, 4) is 0 Å². The molecule has 4 rings (SSSR count). The number of fused-ring (bicyclic) bond motifs is 1. The molecule has 1 saturated heterocycles. The predicted molar refractivity (Wildman–Crippen MR) is 101 cm³/mol. The molecule has 0 unspecified atom stereocenters. The minimum atomic E-state index is -0.127. The summed E-state index contributed by atoms with van der Waals surface area (Å²) in [6.45, 7) is 3.50. The zero-order chi connectivity index (χ0) is 17.1. The van der Waals surface area contributed by atoms with Crippen molar-refractivity contribution in [3.05, 3.63) is 65.9 Å². The van der Waals surface area contributed by atoms with Crippen molar-refractivity contribution in [2.24, 2.45) is 0 Å². The van der Waals surface area contributed by atoms with E-state index >= 15 is 0 Å². The Hall–Kier alpha value is -2.30. The monoisotopic (exact) mass is 336 g/mol. The van der Waals surface area contributed by atoms with Crippen LogP contribution in [0.15, 0.2) is 59.0 Å². The lowest BCUT2D eigenvalue weighted by atomic mass is 10.1. The van der Waals surface area contributed by atoms with Crippen LogP contribution in [0.25, 0.3) is 11.0 Å². The van der Waals surface area contributed by atoms with E-state index in [1.165, 1.54) is 5.56 Å². The van der Waals surface area contributed by atoms with Crippen LogP contribution < -0.4 is 5.32 Å². The fourth-order valence-corrected chi connectivity index (χ4v) is 3.46. The summed E-state index contributed by atoms with van der Waals surface area (Å²) >= 11 is 0. The molecule has 130 valence electrons. The van der Waals surface area contributed by atoms with Crippen LogP contribution in [0.5, 0.6) is 0 Å². The van der Waals surface area contributed by atoms with E-state index in [0.29, 0.717) is 6.54 Å². The number of para-hydroxylation sites is 2. The summed E-state index contributed by atoms with van der Waals surface area (Å²) in [5.74, 6) is 0.942. The quantitative estimate of drug-likeness (QED) is 0.739. The van der Waals surface area contributed by atoms with Crippen molar-refractivity contribution in [2.45, 2.75) is 32.0 Å². The highest BCUT2D eigenvalue weighted by molar-refractivity contribution is 5.77. The Bertz CT molecular complexity index is 802. The van der Waals surface area contributed by atoms with Crippen molar-refractivity contribution in [1.29, 1.82) is 0 Å². The van der Waals surface area contributed by atoms with E-state index in [4.69, 9.17) is 4.42 Å². The number of piperidine rings is 1. The third-order valence-corrected chi connectivity index (χ3v) is 4.90. The largest absolute Gasteiger partial charge is 0.459 e. The van der Waals surface area contributed by atoms with Gasteiger partial charge in [-0.25, -0.2) is 0 Å². The molecule has 3 aromatic rings. The summed E-state index contributed by atoms with van der Waals surface area (Å²) < 4.78 is 5.89. The minimum Gasteiger partial charge on any atom is -0.459 e. The lowest BCUT2D eigenvalue weighted by Crippen LogP contribution is -2.35. The van der Waals surface area contributed by atoms with Gasteiger partial charge in [-0.05, 0) is 36.6 Å². The number of rotatable bonds is 5. The fourth-order valence-electron chi connectivity index (χ4n) is 3.46. The molecule has 1 aliphatic rings. The zero-order valence-electron chi connectivity index (χ0n) is 14.3. The SMILES string of the molecule is OC1CCN(Cc2ccccc2NCc2cc3ccccc3o2)CC1. The molecule has 25 heavy (non-hydrogen) atoms. The van der Waals surface area contributed by atoms with Crippen LogP contribution >= 0.6 is 0 Å². The Labute approximate surface area is 148 Å². The van der Waals surface area contributed by atoms with Gasteiger partial charge in [0.1, 0.15) is 11.3 Å². The van der Waals surface area contributed by atoms with E-state index in [9.17, 15) is 5.11 Å². The molecule has 0 spiro atoms. The highest BCUT2D eigenvalue weighted by Gasteiger charge is 2.17. The molecule has 0 saturated carbocycles. The Kier molecular flexibility index (Phi) is 4.72. The number of nitrogens with zero attached hydrogens (tertiary/aromatic N) is 1. The molecule has 1 fully saturated rings. The zero-order valence-corrected chi connectivity index (χ0v) is 14.3. The van der Waals surface area contributed by atoms with Gasteiger partial charge in [-0.3, -0.25) is 4.90 Å². The highest BCUT2D eigenvalue weighted by atomic mass is 16.3. The van der Waals surface area contributed by atoms with Crippen LogP contribution in [0, 0.1) is 0 Å². The third kappa shape index (κ3) is 3.86. The van der Waals surface area contributed by atoms with E-state index in [1.54, 1.807) is 0 Å². The van der Waals surface area contributed by atoms with Gasteiger partial charge in [0, 0.05) is 30.7 Å². The number of furan rings is 1. The Balaban J connectivity index is 1.43. The highest BCUT2D eigenvalue weighted by Crippen LogP contribution is 2.23. The Morgan fingerprint density at radius 3 is 2.64 bits per heavy atom. The molecule has 2 aromatic carbocycles. The van der Waals surface area contributed by atoms with Crippen molar-refractivity contribution < 1.29 is 9.52 Å². The molecular formula is C21H24N2O2. The van der Waals surface area contributed by atoms with Crippen molar-refractivity contribution in [2.75, 3.05) is 18.4 Å². The maximum absolute atomic E-state index is 9.67.